The molecule has 3 heterocycles. The fourth-order valence-electron chi connectivity index (χ4n) is 3.75. The van der Waals surface area contributed by atoms with Crippen LogP contribution in [-0.4, -0.2) is 49.1 Å². The van der Waals surface area contributed by atoms with E-state index in [2.05, 4.69) is 10.1 Å². The third kappa shape index (κ3) is 5.45. The molecule has 33 heavy (non-hydrogen) atoms. The van der Waals surface area contributed by atoms with Gasteiger partial charge in [-0.05, 0) is 49.6 Å². The second-order valence-electron chi connectivity index (χ2n) is 7.88. The lowest BCUT2D eigenvalue weighted by molar-refractivity contribution is 0.302. The van der Waals surface area contributed by atoms with Gasteiger partial charge in [-0.1, -0.05) is 12.1 Å². The van der Waals surface area contributed by atoms with Gasteiger partial charge in [0.2, 0.25) is 0 Å². The third-order valence-electron chi connectivity index (χ3n) is 5.59. The molecule has 0 spiro atoms. The van der Waals surface area contributed by atoms with E-state index in [0.29, 0.717) is 37.7 Å². The maximum Gasteiger partial charge on any atom is 0.304 e. The lowest BCUT2D eigenvalue weighted by atomic mass is 10.1. The van der Waals surface area contributed by atoms with Crippen molar-refractivity contribution in [1.29, 1.82) is 0 Å². The highest BCUT2D eigenvalue weighted by molar-refractivity contribution is 7.90. The molecule has 3 aromatic rings. The molecule has 0 saturated carbocycles. The normalized spacial score (nSPS) is 15.7. The molecule has 176 valence electrons. The molecule has 4 rings (SSSR count). The van der Waals surface area contributed by atoms with Gasteiger partial charge < -0.3 is 15.0 Å². The van der Waals surface area contributed by atoms with Gasteiger partial charge in [0.1, 0.15) is 23.0 Å². The summed E-state index contributed by atoms with van der Waals surface area (Å²) in [5.74, 6) is 1.97. The fraction of sp³-hybridized carbons (Fsp3) is 0.391. The summed E-state index contributed by atoms with van der Waals surface area (Å²) in [4.78, 5) is 3.92. The van der Waals surface area contributed by atoms with Crippen molar-refractivity contribution in [2.75, 3.05) is 36.3 Å². The van der Waals surface area contributed by atoms with Crippen molar-refractivity contribution < 1.29 is 17.7 Å². The molecule has 0 radical (unpaired) electrons. The monoisotopic (exact) mass is 471 g/mol. The molecule has 2 aromatic heterocycles. The molecular formula is C23H29N5O4S. The Balaban J connectivity index is 1.18. The maximum atomic E-state index is 12.8. The average molecular weight is 472 g/mol. The molecule has 2 N–H and O–H groups in total. The summed E-state index contributed by atoms with van der Waals surface area (Å²) in [6, 6.07) is 13.0. The predicted molar refractivity (Wildman–Crippen MR) is 127 cm³/mol. The van der Waals surface area contributed by atoms with Crippen molar-refractivity contribution in [3.05, 3.63) is 54.4 Å². The van der Waals surface area contributed by atoms with Gasteiger partial charge in [-0.25, -0.2) is 4.98 Å². The Morgan fingerprint density at radius 1 is 1.09 bits per heavy atom. The number of pyridine rings is 1. The predicted octanol–water partition coefficient (Wildman–Crippen LogP) is 3.50. The summed E-state index contributed by atoms with van der Waals surface area (Å²) < 4.78 is 39.6. The average Bonchev–Trinajstić information content (AvgIpc) is 3.40. The van der Waals surface area contributed by atoms with Gasteiger partial charge in [-0.15, -0.1) is 0 Å². The van der Waals surface area contributed by atoms with Gasteiger partial charge in [-0.2, -0.15) is 12.7 Å². The number of hydrogen-bond acceptors (Lipinski definition) is 7. The van der Waals surface area contributed by atoms with E-state index in [4.69, 9.17) is 15.0 Å². The van der Waals surface area contributed by atoms with Crippen LogP contribution in [0, 0.1) is 0 Å². The second kappa shape index (κ2) is 10.2. The Hall–Kier alpha value is -3.11. The molecule has 1 aromatic carbocycles. The summed E-state index contributed by atoms with van der Waals surface area (Å²) in [5.41, 5.74) is 8.06. The number of anilines is 2. The smallest absolute Gasteiger partial charge is 0.304 e. The Bertz CT molecular complexity index is 1160. The summed E-state index contributed by atoms with van der Waals surface area (Å²) in [5, 5.41) is 4.08. The summed E-state index contributed by atoms with van der Waals surface area (Å²) in [6.45, 7) is 3.99. The van der Waals surface area contributed by atoms with Crippen LogP contribution in [0.5, 0.6) is 5.75 Å². The van der Waals surface area contributed by atoms with Crippen molar-refractivity contribution in [2.24, 2.45) is 0 Å². The first kappa shape index (κ1) is 23.1. The number of ether oxygens (including phenoxy) is 1. The van der Waals surface area contributed by atoms with E-state index >= 15 is 0 Å². The highest BCUT2D eigenvalue weighted by Gasteiger charge is 2.36. The Labute approximate surface area is 194 Å². The molecule has 0 atom stereocenters. The molecule has 1 aliphatic rings. The number of hydrogen-bond donors (Lipinski definition) is 1. The lowest BCUT2D eigenvalue weighted by Gasteiger charge is -2.20. The zero-order valence-corrected chi connectivity index (χ0v) is 19.5. The second-order valence-corrected chi connectivity index (χ2v) is 9.74. The minimum Gasteiger partial charge on any atom is -0.494 e. The number of nitrogens with zero attached hydrogens (tertiary/aromatic N) is 4. The van der Waals surface area contributed by atoms with Gasteiger partial charge in [0.05, 0.1) is 12.3 Å². The highest BCUT2D eigenvalue weighted by Crippen LogP contribution is 2.26. The molecule has 1 saturated heterocycles. The molecule has 0 unspecified atom stereocenters. The van der Waals surface area contributed by atoms with Crippen molar-refractivity contribution in [1.82, 2.24) is 14.4 Å². The van der Waals surface area contributed by atoms with Crippen LogP contribution in [0.25, 0.3) is 11.3 Å². The Morgan fingerprint density at radius 3 is 2.64 bits per heavy atom. The number of nitrogens with two attached hydrogens (primary N) is 1. The van der Waals surface area contributed by atoms with Gasteiger partial charge >= 0.3 is 10.2 Å². The van der Waals surface area contributed by atoms with Crippen LogP contribution < -0.4 is 14.8 Å². The Kier molecular flexibility index (Phi) is 7.14. The highest BCUT2D eigenvalue weighted by atomic mass is 32.2. The zero-order valence-electron chi connectivity index (χ0n) is 18.7. The molecule has 1 aliphatic heterocycles. The van der Waals surface area contributed by atoms with Gasteiger partial charge in [-0.3, -0.25) is 4.31 Å². The van der Waals surface area contributed by atoms with Crippen LogP contribution in [-0.2, 0) is 16.6 Å². The van der Waals surface area contributed by atoms with Crippen molar-refractivity contribution in [2.45, 2.75) is 32.6 Å². The Morgan fingerprint density at radius 2 is 1.91 bits per heavy atom. The van der Waals surface area contributed by atoms with Crippen LogP contribution >= 0.6 is 0 Å². The van der Waals surface area contributed by atoms with E-state index in [1.165, 1.54) is 14.8 Å². The van der Waals surface area contributed by atoms with Crippen LogP contribution in [0.3, 0.4) is 0 Å². The van der Waals surface area contributed by atoms with E-state index in [1.54, 1.807) is 12.1 Å². The summed E-state index contributed by atoms with van der Waals surface area (Å²) in [6.07, 6.45) is 4.84. The minimum absolute atomic E-state index is 0.305. The van der Waals surface area contributed by atoms with E-state index in [0.717, 1.165) is 48.5 Å². The van der Waals surface area contributed by atoms with Crippen molar-refractivity contribution in [3.8, 4) is 17.0 Å². The van der Waals surface area contributed by atoms with Crippen LogP contribution in [0.15, 0.2) is 53.2 Å². The molecule has 0 amide bonds. The molecule has 9 nitrogen and oxygen atoms in total. The summed E-state index contributed by atoms with van der Waals surface area (Å²) in [7, 11) is -3.52. The topological polar surface area (TPSA) is 115 Å². The third-order valence-corrected chi connectivity index (χ3v) is 7.56. The van der Waals surface area contributed by atoms with Gasteiger partial charge in [0, 0.05) is 49.9 Å². The number of rotatable bonds is 10. The zero-order chi connectivity index (χ0) is 23.3. The molecular weight excluding hydrogens is 442 g/mol. The largest absolute Gasteiger partial charge is 0.494 e. The van der Waals surface area contributed by atoms with E-state index < -0.39 is 10.2 Å². The first-order valence-electron chi connectivity index (χ1n) is 11.2. The number of aromatic nitrogens is 2. The van der Waals surface area contributed by atoms with Crippen LogP contribution in [0.4, 0.5) is 11.5 Å². The molecule has 10 heteroatoms. The van der Waals surface area contributed by atoms with Gasteiger partial charge in [0.15, 0.2) is 0 Å². The number of aryl methyl sites for hydroxylation is 1. The number of benzene rings is 1. The minimum atomic E-state index is -3.52. The van der Waals surface area contributed by atoms with Gasteiger partial charge in [0.25, 0.3) is 0 Å². The fourth-order valence-corrected chi connectivity index (χ4v) is 5.39. The van der Waals surface area contributed by atoms with Crippen LogP contribution in [0.1, 0.15) is 31.9 Å². The van der Waals surface area contributed by atoms with Crippen molar-refractivity contribution >= 4 is 21.7 Å². The number of nitrogen functional groups attached to an aromatic ring is 1. The summed E-state index contributed by atoms with van der Waals surface area (Å²) >= 11 is 0. The van der Waals surface area contributed by atoms with E-state index in [9.17, 15) is 8.42 Å². The first-order chi connectivity index (χ1) is 16.0. The quantitative estimate of drug-likeness (QED) is 0.450. The standard InChI is InChI=1S/C23H29N5O4S/c1-2-20-17-22(26-32-20)18-6-8-21(9-7-18)31-15-5-3-4-12-27-13-14-28(33(27,29)30)19-10-11-25-23(24)16-19/h6-11,16-17H,2-5,12-15H2,1H3,(H2,24,25). The number of unbranched alkanes of at least 4 members (excludes halogenated alkanes) is 2. The molecule has 1 fully saturated rings. The first-order valence-corrected chi connectivity index (χ1v) is 12.6. The SMILES string of the molecule is CCc1cc(-c2ccc(OCCCCCN3CCN(c4ccnc(N)c4)S3(=O)=O)cc2)no1. The van der Waals surface area contributed by atoms with E-state index in [1.807, 2.05) is 37.3 Å². The maximum absolute atomic E-state index is 12.8. The lowest BCUT2D eigenvalue weighted by Crippen LogP contribution is -2.33. The molecule has 0 bridgehead atoms. The van der Waals surface area contributed by atoms with E-state index in [-0.39, 0.29) is 0 Å². The molecule has 0 aliphatic carbocycles. The van der Waals surface area contributed by atoms with Crippen molar-refractivity contribution in [3.63, 3.8) is 0 Å². The van der Waals surface area contributed by atoms with Crippen LogP contribution in [0.2, 0.25) is 0 Å².